The minimum absolute atomic E-state index is 0.230. The summed E-state index contributed by atoms with van der Waals surface area (Å²) in [5.41, 5.74) is 7.59. The van der Waals surface area contributed by atoms with Crippen LogP contribution in [-0.2, 0) is 9.47 Å². The van der Waals surface area contributed by atoms with Crippen LogP contribution >= 0.6 is 0 Å². The number of likely N-dealkylation sites (N-methyl/N-ethyl adjacent to an activating group) is 1. The van der Waals surface area contributed by atoms with Crippen molar-refractivity contribution in [3.05, 3.63) is 23.8 Å². The lowest BCUT2D eigenvalue weighted by Crippen LogP contribution is -2.29. The number of nitrogen functional groups attached to an aromatic ring is 1. The topological polar surface area (TPSA) is 64.8 Å². The standard InChI is InChI=1S/C14H20N2O3/c1-16(9-11-4-3-7-19-11)13-6-5-10(15)8-12(13)14(17)18-2/h5-6,8,11H,3-4,7,9,15H2,1-2H3. The number of nitrogens with zero attached hydrogens (tertiary/aromatic N) is 1. The summed E-state index contributed by atoms with van der Waals surface area (Å²) in [4.78, 5) is 13.8. The second kappa shape index (κ2) is 5.93. The first kappa shape index (κ1) is 13.7. The molecule has 5 nitrogen and oxygen atoms in total. The van der Waals surface area contributed by atoms with Crippen molar-refractivity contribution in [3.8, 4) is 0 Å². The number of carbonyl (C=O) groups excluding carboxylic acids is 1. The Morgan fingerprint density at radius 2 is 2.37 bits per heavy atom. The van der Waals surface area contributed by atoms with Crippen molar-refractivity contribution in [1.82, 2.24) is 0 Å². The number of hydrogen-bond acceptors (Lipinski definition) is 5. The Kier molecular flexibility index (Phi) is 4.27. The van der Waals surface area contributed by atoms with Gasteiger partial charge in [-0.2, -0.15) is 0 Å². The molecule has 1 aromatic rings. The zero-order chi connectivity index (χ0) is 13.8. The maximum Gasteiger partial charge on any atom is 0.340 e. The molecule has 2 rings (SSSR count). The summed E-state index contributed by atoms with van der Waals surface area (Å²) in [6.45, 7) is 1.58. The largest absolute Gasteiger partial charge is 0.465 e. The smallest absolute Gasteiger partial charge is 0.340 e. The Balaban J connectivity index is 2.19. The van der Waals surface area contributed by atoms with Crippen LogP contribution in [0.5, 0.6) is 0 Å². The first-order valence-electron chi connectivity index (χ1n) is 6.42. The Morgan fingerprint density at radius 3 is 3.00 bits per heavy atom. The molecule has 1 heterocycles. The molecule has 0 aromatic heterocycles. The van der Waals surface area contributed by atoms with E-state index in [0.29, 0.717) is 11.3 Å². The molecule has 1 aromatic carbocycles. The SMILES string of the molecule is COC(=O)c1cc(N)ccc1N(C)CC1CCCO1. The molecule has 1 saturated heterocycles. The van der Waals surface area contributed by atoms with E-state index >= 15 is 0 Å². The van der Waals surface area contributed by atoms with E-state index in [1.54, 1.807) is 12.1 Å². The summed E-state index contributed by atoms with van der Waals surface area (Å²) in [7, 11) is 3.31. The highest BCUT2D eigenvalue weighted by Gasteiger charge is 2.21. The fourth-order valence-electron chi connectivity index (χ4n) is 2.35. The van der Waals surface area contributed by atoms with Gasteiger partial charge in [0.05, 0.1) is 24.5 Å². The van der Waals surface area contributed by atoms with E-state index in [2.05, 4.69) is 0 Å². The van der Waals surface area contributed by atoms with Crippen LogP contribution in [0.4, 0.5) is 11.4 Å². The van der Waals surface area contributed by atoms with Gasteiger partial charge in [0, 0.05) is 25.9 Å². The van der Waals surface area contributed by atoms with Gasteiger partial charge in [-0.1, -0.05) is 0 Å². The molecule has 19 heavy (non-hydrogen) atoms. The number of carbonyl (C=O) groups is 1. The number of hydrogen-bond donors (Lipinski definition) is 1. The zero-order valence-electron chi connectivity index (χ0n) is 11.4. The molecule has 0 spiro atoms. The molecule has 1 aliphatic heterocycles. The molecule has 0 radical (unpaired) electrons. The quantitative estimate of drug-likeness (QED) is 0.662. The first-order valence-corrected chi connectivity index (χ1v) is 6.42. The summed E-state index contributed by atoms with van der Waals surface area (Å²) >= 11 is 0. The number of rotatable bonds is 4. The van der Waals surface area contributed by atoms with Gasteiger partial charge in [-0.25, -0.2) is 4.79 Å². The van der Waals surface area contributed by atoms with Crippen molar-refractivity contribution in [2.45, 2.75) is 18.9 Å². The van der Waals surface area contributed by atoms with Gasteiger partial charge in [-0.05, 0) is 31.0 Å². The molecule has 1 fully saturated rings. The summed E-state index contributed by atoms with van der Waals surface area (Å²) in [5.74, 6) is -0.374. The van der Waals surface area contributed by atoms with E-state index in [9.17, 15) is 4.79 Å². The van der Waals surface area contributed by atoms with Crippen molar-refractivity contribution in [2.75, 3.05) is 37.9 Å². The Morgan fingerprint density at radius 1 is 1.58 bits per heavy atom. The number of benzene rings is 1. The molecule has 0 amide bonds. The molecule has 0 bridgehead atoms. The van der Waals surface area contributed by atoms with Crippen LogP contribution in [0.15, 0.2) is 18.2 Å². The zero-order valence-corrected chi connectivity index (χ0v) is 11.4. The third-order valence-electron chi connectivity index (χ3n) is 3.34. The van der Waals surface area contributed by atoms with Crippen LogP contribution in [-0.4, -0.2) is 39.4 Å². The predicted octanol–water partition coefficient (Wildman–Crippen LogP) is 1.67. The Labute approximate surface area is 113 Å². The third kappa shape index (κ3) is 3.17. The maximum atomic E-state index is 11.8. The maximum absolute atomic E-state index is 11.8. The van der Waals surface area contributed by atoms with E-state index in [1.165, 1.54) is 7.11 Å². The molecule has 2 N–H and O–H groups in total. The number of ether oxygens (including phenoxy) is 2. The van der Waals surface area contributed by atoms with Gasteiger partial charge in [0.2, 0.25) is 0 Å². The third-order valence-corrected chi connectivity index (χ3v) is 3.34. The lowest BCUT2D eigenvalue weighted by Gasteiger charge is -2.24. The lowest BCUT2D eigenvalue weighted by atomic mass is 10.1. The van der Waals surface area contributed by atoms with Crippen LogP contribution in [0.3, 0.4) is 0 Å². The van der Waals surface area contributed by atoms with Crippen molar-refractivity contribution in [2.24, 2.45) is 0 Å². The number of nitrogens with two attached hydrogens (primary N) is 1. The Bertz CT molecular complexity index is 456. The second-order valence-electron chi connectivity index (χ2n) is 4.78. The van der Waals surface area contributed by atoms with Crippen LogP contribution in [0, 0.1) is 0 Å². The molecule has 0 aliphatic carbocycles. The summed E-state index contributed by atoms with van der Waals surface area (Å²) in [6, 6.07) is 5.28. The van der Waals surface area contributed by atoms with Gasteiger partial charge in [-0.15, -0.1) is 0 Å². The van der Waals surface area contributed by atoms with Crippen LogP contribution in [0.25, 0.3) is 0 Å². The average molecular weight is 264 g/mol. The summed E-state index contributed by atoms with van der Waals surface area (Å²) < 4.78 is 10.4. The van der Waals surface area contributed by atoms with Gasteiger partial charge >= 0.3 is 5.97 Å². The van der Waals surface area contributed by atoms with Crippen molar-refractivity contribution in [3.63, 3.8) is 0 Å². The van der Waals surface area contributed by atoms with Gasteiger partial charge < -0.3 is 20.1 Å². The fraction of sp³-hybridized carbons (Fsp3) is 0.500. The van der Waals surface area contributed by atoms with Crippen molar-refractivity contribution in [1.29, 1.82) is 0 Å². The van der Waals surface area contributed by atoms with Gasteiger partial charge in [-0.3, -0.25) is 0 Å². The van der Waals surface area contributed by atoms with E-state index in [4.69, 9.17) is 15.2 Å². The second-order valence-corrected chi connectivity index (χ2v) is 4.78. The van der Waals surface area contributed by atoms with E-state index in [-0.39, 0.29) is 12.1 Å². The van der Waals surface area contributed by atoms with E-state index < -0.39 is 0 Å². The highest BCUT2D eigenvalue weighted by Crippen LogP contribution is 2.24. The van der Waals surface area contributed by atoms with Crippen LogP contribution in [0.1, 0.15) is 23.2 Å². The van der Waals surface area contributed by atoms with Crippen molar-refractivity contribution >= 4 is 17.3 Å². The van der Waals surface area contributed by atoms with Gasteiger partial charge in [0.15, 0.2) is 0 Å². The minimum Gasteiger partial charge on any atom is -0.465 e. The number of methoxy groups -OCH3 is 1. The van der Waals surface area contributed by atoms with Crippen LogP contribution in [0.2, 0.25) is 0 Å². The van der Waals surface area contributed by atoms with E-state index in [1.807, 2.05) is 18.0 Å². The fourth-order valence-corrected chi connectivity index (χ4v) is 2.35. The molecule has 0 saturated carbocycles. The highest BCUT2D eigenvalue weighted by molar-refractivity contribution is 5.96. The highest BCUT2D eigenvalue weighted by atomic mass is 16.5. The average Bonchev–Trinajstić information content (AvgIpc) is 2.90. The summed E-state index contributed by atoms with van der Waals surface area (Å²) in [6.07, 6.45) is 2.39. The monoisotopic (exact) mass is 264 g/mol. The summed E-state index contributed by atoms with van der Waals surface area (Å²) in [5, 5.41) is 0. The molecular weight excluding hydrogens is 244 g/mol. The van der Waals surface area contributed by atoms with Gasteiger partial charge in [0.1, 0.15) is 0 Å². The Hall–Kier alpha value is -1.75. The number of anilines is 2. The minimum atomic E-state index is -0.374. The molecule has 1 atom stereocenters. The molecule has 1 aliphatic rings. The number of esters is 1. The predicted molar refractivity (Wildman–Crippen MR) is 74.4 cm³/mol. The van der Waals surface area contributed by atoms with Gasteiger partial charge in [0.25, 0.3) is 0 Å². The first-order chi connectivity index (χ1) is 9.11. The van der Waals surface area contributed by atoms with Crippen LogP contribution < -0.4 is 10.6 Å². The lowest BCUT2D eigenvalue weighted by molar-refractivity contribution is 0.0601. The van der Waals surface area contributed by atoms with E-state index in [0.717, 1.165) is 31.7 Å². The molecular formula is C14H20N2O3. The molecule has 5 heteroatoms. The normalized spacial score (nSPS) is 18.3. The van der Waals surface area contributed by atoms with Crippen molar-refractivity contribution < 1.29 is 14.3 Å². The molecule has 1 unspecified atom stereocenters. The molecule has 104 valence electrons.